The highest BCUT2D eigenvalue weighted by atomic mass is 19.4. The molecule has 1 amide bonds. The standard InChI is InChI=1S/C16H15F3N8O2/c17-16(18,19)7-27-15(23-8-24-27)10-6-26-1-2-29-11-3-13(22-5-12(20)28)21-4-9(11)14(26)25-10/h3-4,6,8H,1-2,5,7H2,(H2,20,28)(H,21,22). The molecule has 0 saturated heterocycles. The maximum absolute atomic E-state index is 12.8. The van der Waals surface area contributed by atoms with Gasteiger partial charge in [-0.3, -0.25) is 4.79 Å². The summed E-state index contributed by atoms with van der Waals surface area (Å²) in [6, 6.07) is 1.61. The molecule has 13 heteroatoms. The van der Waals surface area contributed by atoms with Gasteiger partial charge in [-0.2, -0.15) is 18.3 Å². The Hall–Kier alpha value is -3.64. The fourth-order valence-corrected chi connectivity index (χ4v) is 2.91. The second-order valence-corrected chi connectivity index (χ2v) is 6.23. The molecule has 10 nitrogen and oxygen atoms in total. The number of pyridine rings is 1. The van der Waals surface area contributed by atoms with E-state index in [0.29, 0.717) is 36.1 Å². The monoisotopic (exact) mass is 408 g/mol. The SMILES string of the molecule is NC(=O)CNc1cc2c(cn1)-c1nc(-c3ncnn3CC(F)(F)F)cn1CCO2. The van der Waals surface area contributed by atoms with E-state index in [1.54, 1.807) is 16.8 Å². The summed E-state index contributed by atoms with van der Waals surface area (Å²) in [5.41, 5.74) is 5.92. The molecule has 0 aliphatic carbocycles. The number of imidazole rings is 1. The Morgan fingerprint density at radius 3 is 2.90 bits per heavy atom. The Bertz CT molecular complexity index is 1060. The quantitative estimate of drug-likeness (QED) is 0.646. The third-order valence-electron chi connectivity index (χ3n) is 4.09. The van der Waals surface area contributed by atoms with E-state index in [4.69, 9.17) is 10.5 Å². The van der Waals surface area contributed by atoms with Crippen LogP contribution in [0.25, 0.3) is 22.9 Å². The van der Waals surface area contributed by atoms with Crippen molar-refractivity contribution in [3.63, 3.8) is 0 Å². The van der Waals surface area contributed by atoms with Crippen LogP contribution in [0.3, 0.4) is 0 Å². The van der Waals surface area contributed by atoms with E-state index in [1.165, 1.54) is 6.20 Å². The average Bonchev–Trinajstić information content (AvgIpc) is 3.22. The van der Waals surface area contributed by atoms with Crippen molar-refractivity contribution >= 4 is 11.7 Å². The highest BCUT2D eigenvalue weighted by Crippen LogP contribution is 2.34. The third kappa shape index (κ3) is 3.97. The van der Waals surface area contributed by atoms with Crippen molar-refractivity contribution in [3.8, 4) is 28.7 Å². The first-order valence-electron chi connectivity index (χ1n) is 8.47. The van der Waals surface area contributed by atoms with Crippen LogP contribution in [0.15, 0.2) is 24.8 Å². The topological polar surface area (TPSA) is 126 Å². The summed E-state index contributed by atoms with van der Waals surface area (Å²) in [6.07, 6.45) is -0.268. The number of primary amides is 1. The molecule has 0 aromatic carbocycles. The van der Waals surface area contributed by atoms with Crippen LogP contribution in [-0.4, -0.2) is 54.5 Å². The molecule has 4 rings (SSSR count). The zero-order valence-corrected chi connectivity index (χ0v) is 14.8. The number of rotatable bonds is 5. The number of ether oxygens (including phenoxy) is 1. The van der Waals surface area contributed by atoms with Crippen molar-refractivity contribution in [2.75, 3.05) is 18.5 Å². The predicted octanol–water partition coefficient (Wildman–Crippen LogP) is 1.06. The number of hydrogen-bond donors (Lipinski definition) is 2. The highest BCUT2D eigenvalue weighted by Gasteiger charge is 2.31. The number of anilines is 1. The highest BCUT2D eigenvalue weighted by molar-refractivity contribution is 5.79. The largest absolute Gasteiger partial charge is 0.491 e. The summed E-state index contributed by atoms with van der Waals surface area (Å²) in [5, 5.41) is 6.42. The van der Waals surface area contributed by atoms with Crippen molar-refractivity contribution in [1.29, 1.82) is 0 Å². The second kappa shape index (κ2) is 7.07. The summed E-state index contributed by atoms with van der Waals surface area (Å²) >= 11 is 0. The third-order valence-corrected chi connectivity index (χ3v) is 4.09. The number of hydrogen-bond acceptors (Lipinski definition) is 7. The van der Waals surface area contributed by atoms with Gasteiger partial charge in [0.1, 0.15) is 42.6 Å². The number of fused-ring (bicyclic) bond motifs is 3. The molecule has 0 saturated carbocycles. The van der Waals surface area contributed by atoms with Gasteiger partial charge in [0.05, 0.1) is 18.7 Å². The van der Waals surface area contributed by atoms with E-state index in [-0.39, 0.29) is 18.1 Å². The predicted molar refractivity (Wildman–Crippen MR) is 93.7 cm³/mol. The van der Waals surface area contributed by atoms with E-state index in [1.807, 2.05) is 0 Å². The maximum Gasteiger partial charge on any atom is 0.408 e. The van der Waals surface area contributed by atoms with Gasteiger partial charge in [-0.15, -0.1) is 0 Å². The molecule has 4 heterocycles. The van der Waals surface area contributed by atoms with Crippen LogP contribution in [0.2, 0.25) is 0 Å². The first kappa shape index (κ1) is 18.7. The Labute approximate surface area is 161 Å². The van der Waals surface area contributed by atoms with Gasteiger partial charge < -0.3 is 20.4 Å². The Morgan fingerprint density at radius 1 is 1.31 bits per heavy atom. The molecule has 0 atom stereocenters. The molecular weight excluding hydrogens is 393 g/mol. The lowest BCUT2D eigenvalue weighted by Gasteiger charge is -2.09. The number of carbonyl (C=O) groups excluding carboxylic acids is 1. The number of nitrogens with zero attached hydrogens (tertiary/aromatic N) is 6. The van der Waals surface area contributed by atoms with E-state index >= 15 is 0 Å². The number of carbonyl (C=O) groups is 1. The first-order valence-corrected chi connectivity index (χ1v) is 8.47. The number of halogens is 3. The molecule has 3 aromatic heterocycles. The minimum absolute atomic E-state index is 0.0121. The Balaban J connectivity index is 1.69. The zero-order valence-electron chi connectivity index (χ0n) is 14.8. The van der Waals surface area contributed by atoms with Crippen LogP contribution in [0, 0.1) is 0 Å². The minimum atomic E-state index is -4.43. The Morgan fingerprint density at radius 2 is 2.14 bits per heavy atom. The van der Waals surface area contributed by atoms with Crippen molar-refractivity contribution < 1.29 is 22.7 Å². The lowest BCUT2D eigenvalue weighted by atomic mass is 10.2. The lowest BCUT2D eigenvalue weighted by Crippen LogP contribution is -2.22. The first-order chi connectivity index (χ1) is 13.8. The molecule has 1 aliphatic heterocycles. The molecule has 3 N–H and O–H groups in total. The van der Waals surface area contributed by atoms with Crippen LogP contribution in [0.4, 0.5) is 19.0 Å². The summed E-state index contributed by atoms with van der Waals surface area (Å²) in [7, 11) is 0. The van der Waals surface area contributed by atoms with Gasteiger partial charge in [-0.1, -0.05) is 0 Å². The molecule has 0 radical (unpaired) electrons. The van der Waals surface area contributed by atoms with E-state index in [2.05, 4.69) is 25.4 Å². The van der Waals surface area contributed by atoms with Crippen LogP contribution >= 0.6 is 0 Å². The van der Waals surface area contributed by atoms with Crippen LogP contribution in [0.5, 0.6) is 5.75 Å². The Kier molecular flexibility index (Phi) is 4.56. The molecule has 0 bridgehead atoms. The molecule has 3 aromatic rings. The van der Waals surface area contributed by atoms with Gasteiger partial charge in [0, 0.05) is 18.5 Å². The number of alkyl halides is 3. The van der Waals surface area contributed by atoms with Gasteiger partial charge in [-0.05, 0) is 0 Å². The normalized spacial score (nSPS) is 13.2. The molecule has 152 valence electrons. The zero-order chi connectivity index (χ0) is 20.6. The van der Waals surface area contributed by atoms with Gasteiger partial charge in [0.25, 0.3) is 0 Å². The number of nitrogens with two attached hydrogens (primary N) is 1. The summed E-state index contributed by atoms with van der Waals surface area (Å²) in [6.45, 7) is -0.612. The van der Waals surface area contributed by atoms with E-state index in [0.717, 1.165) is 11.0 Å². The summed E-state index contributed by atoms with van der Waals surface area (Å²) in [4.78, 5) is 23.5. The van der Waals surface area contributed by atoms with Crippen molar-refractivity contribution in [2.45, 2.75) is 19.3 Å². The molecule has 1 aliphatic rings. The van der Waals surface area contributed by atoms with Gasteiger partial charge >= 0.3 is 6.18 Å². The molecule has 0 unspecified atom stereocenters. The number of aromatic nitrogens is 6. The second-order valence-electron chi connectivity index (χ2n) is 6.23. The van der Waals surface area contributed by atoms with Gasteiger partial charge in [-0.25, -0.2) is 19.6 Å². The van der Waals surface area contributed by atoms with Crippen LogP contribution in [-0.2, 0) is 17.9 Å². The smallest absolute Gasteiger partial charge is 0.408 e. The van der Waals surface area contributed by atoms with Crippen LogP contribution < -0.4 is 15.8 Å². The molecule has 29 heavy (non-hydrogen) atoms. The van der Waals surface area contributed by atoms with Gasteiger partial charge in [0.15, 0.2) is 5.82 Å². The van der Waals surface area contributed by atoms with Gasteiger partial charge in [0.2, 0.25) is 5.91 Å². The average molecular weight is 408 g/mol. The maximum atomic E-state index is 12.8. The lowest BCUT2D eigenvalue weighted by molar-refractivity contribution is -0.142. The van der Waals surface area contributed by atoms with Crippen LogP contribution in [0.1, 0.15) is 0 Å². The summed E-state index contributed by atoms with van der Waals surface area (Å²) in [5.74, 6) is 0.819. The minimum Gasteiger partial charge on any atom is -0.491 e. The van der Waals surface area contributed by atoms with E-state index in [9.17, 15) is 18.0 Å². The van der Waals surface area contributed by atoms with Crippen molar-refractivity contribution in [3.05, 3.63) is 24.8 Å². The number of amides is 1. The molecular formula is C16H15F3N8O2. The van der Waals surface area contributed by atoms with Crippen molar-refractivity contribution in [1.82, 2.24) is 29.3 Å². The molecule has 0 spiro atoms. The fraction of sp³-hybridized carbons (Fsp3) is 0.312. The summed E-state index contributed by atoms with van der Waals surface area (Å²) < 4.78 is 46.5. The number of nitrogens with one attached hydrogen (secondary N) is 1. The van der Waals surface area contributed by atoms with Crippen molar-refractivity contribution in [2.24, 2.45) is 5.73 Å². The van der Waals surface area contributed by atoms with E-state index < -0.39 is 18.6 Å². The molecule has 0 fully saturated rings. The fourth-order valence-electron chi connectivity index (χ4n) is 2.91.